The molecule has 202 valence electrons. The molecular weight excluding hydrogens is 519 g/mol. The van der Waals surface area contributed by atoms with E-state index in [0.29, 0.717) is 11.6 Å². The van der Waals surface area contributed by atoms with Crippen LogP contribution in [0.5, 0.6) is 5.75 Å². The Hall–Kier alpha value is -2.28. The SMILES string of the molecule is C[C@@H](COc1ccc(N2CCN(Cc3ccccc3)C[C@H]2c2ccc(Cl)cc2)c(Cl)c1)OC1CCCCO1. The Kier molecular flexibility index (Phi) is 9.47. The molecule has 0 spiro atoms. The van der Waals surface area contributed by atoms with Gasteiger partial charge >= 0.3 is 0 Å². The van der Waals surface area contributed by atoms with Gasteiger partial charge in [-0.3, -0.25) is 4.90 Å². The van der Waals surface area contributed by atoms with Gasteiger partial charge in [0.25, 0.3) is 0 Å². The predicted octanol–water partition coefficient (Wildman–Crippen LogP) is 7.37. The number of anilines is 1. The molecule has 5 rings (SSSR count). The first-order valence-corrected chi connectivity index (χ1v) is 14.3. The highest BCUT2D eigenvalue weighted by Gasteiger charge is 2.30. The Balaban J connectivity index is 1.27. The largest absolute Gasteiger partial charge is 0.491 e. The van der Waals surface area contributed by atoms with E-state index in [9.17, 15) is 0 Å². The van der Waals surface area contributed by atoms with Crippen LogP contribution in [0.4, 0.5) is 5.69 Å². The monoisotopic (exact) mass is 554 g/mol. The summed E-state index contributed by atoms with van der Waals surface area (Å²) in [5, 5.41) is 1.42. The van der Waals surface area contributed by atoms with Gasteiger partial charge in [0.15, 0.2) is 6.29 Å². The number of hydrogen-bond donors (Lipinski definition) is 0. The fourth-order valence-electron chi connectivity index (χ4n) is 5.22. The summed E-state index contributed by atoms with van der Waals surface area (Å²) in [7, 11) is 0. The highest BCUT2D eigenvalue weighted by Crippen LogP contribution is 2.37. The molecule has 0 bridgehead atoms. The molecule has 2 aliphatic heterocycles. The lowest BCUT2D eigenvalue weighted by Gasteiger charge is -2.43. The van der Waals surface area contributed by atoms with E-state index in [-0.39, 0.29) is 18.4 Å². The molecule has 3 atom stereocenters. The standard InChI is InChI=1S/C31H36Cl2N2O3/c1-23(38-31-9-5-6-18-36-31)22-37-27-14-15-29(28(33)19-27)35-17-16-34(20-24-7-3-2-4-8-24)21-30(35)25-10-12-26(32)13-11-25/h2-4,7-8,10-15,19,23,30-31H,5-6,9,16-18,20-22H2,1H3/t23-,30-,31?/m0/s1. The van der Waals surface area contributed by atoms with Crippen molar-refractivity contribution in [2.75, 3.05) is 37.7 Å². The van der Waals surface area contributed by atoms with Crippen molar-refractivity contribution in [1.82, 2.24) is 4.90 Å². The van der Waals surface area contributed by atoms with E-state index in [2.05, 4.69) is 58.3 Å². The van der Waals surface area contributed by atoms with E-state index in [1.807, 2.05) is 31.2 Å². The van der Waals surface area contributed by atoms with Crippen LogP contribution < -0.4 is 9.64 Å². The highest BCUT2D eigenvalue weighted by atomic mass is 35.5. The Bertz CT molecular complexity index is 1160. The van der Waals surface area contributed by atoms with Crippen molar-refractivity contribution < 1.29 is 14.2 Å². The molecule has 0 amide bonds. The summed E-state index contributed by atoms with van der Waals surface area (Å²) < 4.78 is 17.7. The van der Waals surface area contributed by atoms with Crippen LogP contribution in [-0.4, -0.2) is 50.1 Å². The second-order valence-electron chi connectivity index (χ2n) is 10.1. The smallest absolute Gasteiger partial charge is 0.158 e. The molecule has 2 saturated heterocycles. The fraction of sp³-hybridized carbons (Fsp3) is 0.419. The lowest BCUT2D eigenvalue weighted by Crippen LogP contribution is -2.48. The Labute approximate surface area is 236 Å². The van der Waals surface area contributed by atoms with Crippen LogP contribution in [0.2, 0.25) is 10.0 Å². The molecule has 5 nitrogen and oxygen atoms in total. The van der Waals surface area contributed by atoms with Gasteiger partial charge in [-0.1, -0.05) is 65.7 Å². The Morgan fingerprint density at radius 1 is 0.974 bits per heavy atom. The molecule has 2 fully saturated rings. The predicted molar refractivity (Wildman–Crippen MR) is 154 cm³/mol. The van der Waals surface area contributed by atoms with Crippen molar-refractivity contribution >= 4 is 28.9 Å². The summed E-state index contributed by atoms with van der Waals surface area (Å²) in [6.45, 7) is 6.86. The van der Waals surface area contributed by atoms with E-state index in [1.54, 1.807) is 0 Å². The van der Waals surface area contributed by atoms with Crippen LogP contribution in [0.15, 0.2) is 72.8 Å². The van der Waals surface area contributed by atoms with Crippen molar-refractivity contribution in [3.05, 3.63) is 94.0 Å². The van der Waals surface area contributed by atoms with Gasteiger partial charge in [-0.05, 0) is 61.6 Å². The highest BCUT2D eigenvalue weighted by molar-refractivity contribution is 6.33. The first-order valence-electron chi connectivity index (χ1n) is 13.5. The molecule has 7 heteroatoms. The number of rotatable bonds is 9. The van der Waals surface area contributed by atoms with Crippen LogP contribution in [0.25, 0.3) is 0 Å². The van der Waals surface area contributed by atoms with Gasteiger partial charge in [0, 0.05) is 43.9 Å². The van der Waals surface area contributed by atoms with Crippen molar-refractivity contribution in [2.45, 2.75) is 51.2 Å². The molecule has 0 radical (unpaired) electrons. The minimum absolute atomic E-state index is 0.0662. The summed E-state index contributed by atoms with van der Waals surface area (Å²) in [6.07, 6.45) is 3.00. The van der Waals surface area contributed by atoms with Gasteiger partial charge in [-0.2, -0.15) is 0 Å². The lowest BCUT2D eigenvalue weighted by molar-refractivity contribution is -0.189. The van der Waals surface area contributed by atoms with Crippen molar-refractivity contribution in [3.8, 4) is 5.75 Å². The summed E-state index contributed by atoms with van der Waals surface area (Å²) in [4.78, 5) is 4.91. The Morgan fingerprint density at radius 2 is 1.79 bits per heavy atom. The maximum Gasteiger partial charge on any atom is 0.158 e. The van der Waals surface area contributed by atoms with Gasteiger partial charge in [-0.25, -0.2) is 0 Å². The fourth-order valence-corrected chi connectivity index (χ4v) is 5.63. The summed E-state index contributed by atoms with van der Waals surface area (Å²) in [5.74, 6) is 0.740. The number of benzene rings is 3. The van der Waals surface area contributed by atoms with Crippen molar-refractivity contribution in [3.63, 3.8) is 0 Å². The minimum Gasteiger partial charge on any atom is -0.491 e. The minimum atomic E-state index is -0.126. The average molecular weight is 556 g/mol. The van der Waals surface area contributed by atoms with Gasteiger partial charge in [0.1, 0.15) is 12.4 Å². The first kappa shape index (κ1) is 27.3. The summed E-state index contributed by atoms with van der Waals surface area (Å²) >= 11 is 13.1. The zero-order valence-corrected chi connectivity index (χ0v) is 23.4. The van der Waals surface area contributed by atoms with E-state index >= 15 is 0 Å². The number of piperazine rings is 1. The topological polar surface area (TPSA) is 34.2 Å². The van der Waals surface area contributed by atoms with Crippen molar-refractivity contribution in [1.29, 1.82) is 0 Å². The zero-order chi connectivity index (χ0) is 26.3. The average Bonchev–Trinajstić information content (AvgIpc) is 2.94. The third-order valence-corrected chi connectivity index (χ3v) is 7.76. The number of nitrogens with zero attached hydrogens (tertiary/aromatic N) is 2. The molecule has 3 aromatic carbocycles. The molecule has 0 N–H and O–H groups in total. The van der Waals surface area contributed by atoms with Gasteiger partial charge in [0.05, 0.1) is 22.9 Å². The molecule has 38 heavy (non-hydrogen) atoms. The zero-order valence-electron chi connectivity index (χ0n) is 21.9. The number of ether oxygens (including phenoxy) is 3. The third kappa shape index (κ3) is 7.22. The third-order valence-electron chi connectivity index (χ3n) is 7.20. The van der Waals surface area contributed by atoms with E-state index in [4.69, 9.17) is 37.4 Å². The molecule has 3 aromatic rings. The molecule has 1 unspecified atom stereocenters. The second-order valence-corrected chi connectivity index (χ2v) is 11.0. The van der Waals surface area contributed by atoms with Gasteiger partial charge < -0.3 is 19.1 Å². The maximum absolute atomic E-state index is 6.87. The maximum atomic E-state index is 6.87. The van der Waals surface area contributed by atoms with E-state index < -0.39 is 0 Å². The number of halogens is 2. The van der Waals surface area contributed by atoms with Gasteiger partial charge in [-0.15, -0.1) is 0 Å². The van der Waals surface area contributed by atoms with Crippen LogP contribution in [0.1, 0.15) is 43.4 Å². The second kappa shape index (κ2) is 13.2. The molecule has 0 aliphatic carbocycles. The Morgan fingerprint density at radius 3 is 2.53 bits per heavy atom. The quantitative estimate of drug-likeness (QED) is 0.276. The van der Waals surface area contributed by atoms with Crippen LogP contribution in [0.3, 0.4) is 0 Å². The molecule has 2 aliphatic rings. The normalized spacial score (nSPS) is 21.3. The first-order chi connectivity index (χ1) is 18.5. The molecule has 0 aromatic heterocycles. The van der Waals surface area contributed by atoms with Crippen LogP contribution >= 0.6 is 23.2 Å². The molecule has 2 heterocycles. The van der Waals surface area contributed by atoms with Crippen LogP contribution in [-0.2, 0) is 16.0 Å². The van der Waals surface area contributed by atoms with Gasteiger partial charge in [0.2, 0.25) is 0 Å². The van der Waals surface area contributed by atoms with Crippen molar-refractivity contribution in [2.24, 2.45) is 0 Å². The van der Waals surface area contributed by atoms with E-state index in [0.717, 1.165) is 68.5 Å². The summed E-state index contributed by atoms with van der Waals surface area (Å²) in [5.41, 5.74) is 3.56. The lowest BCUT2D eigenvalue weighted by atomic mass is 10.0. The molecule has 0 saturated carbocycles. The van der Waals surface area contributed by atoms with E-state index in [1.165, 1.54) is 11.1 Å². The molecular formula is C31H36Cl2N2O3. The summed E-state index contributed by atoms with van der Waals surface area (Å²) in [6, 6.07) is 24.9. The van der Waals surface area contributed by atoms with Crippen LogP contribution in [0, 0.1) is 0 Å². The number of hydrogen-bond acceptors (Lipinski definition) is 5.